The summed E-state index contributed by atoms with van der Waals surface area (Å²) in [6.07, 6.45) is 0.754. The predicted molar refractivity (Wildman–Crippen MR) is 107 cm³/mol. The minimum Gasteiger partial charge on any atom is -0.339 e. The Bertz CT molecular complexity index is 784. The molecule has 142 valence electrons. The van der Waals surface area contributed by atoms with Crippen LogP contribution in [0.3, 0.4) is 0 Å². The first kappa shape index (κ1) is 20.2. The predicted octanol–water partition coefficient (Wildman–Crippen LogP) is 3.31. The van der Waals surface area contributed by atoms with Crippen molar-refractivity contribution in [2.75, 3.05) is 23.7 Å². The lowest BCUT2D eigenvalue weighted by Crippen LogP contribution is -2.33. The lowest BCUT2D eigenvalue weighted by atomic mass is 10.1. The Morgan fingerprint density at radius 3 is 1.93 bits per heavy atom. The fraction of sp³-hybridized carbons (Fsp3) is 0.286. The molecule has 0 bridgehead atoms. The van der Waals surface area contributed by atoms with Gasteiger partial charge in [0.1, 0.15) is 0 Å². The number of amides is 3. The molecule has 2 aromatic rings. The summed E-state index contributed by atoms with van der Waals surface area (Å²) in [5.74, 6) is -0.637. The summed E-state index contributed by atoms with van der Waals surface area (Å²) in [5, 5.41) is 5.34. The van der Waals surface area contributed by atoms with Crippen molar-refractivity contribution in [3.05, 3.63) is 59.7 Å². The lowest BCUT2D eigenvalue weighted by molar-refractivity contribution is -0.115. The number of nitrogens with zero attached hydrogens (tertiary/aromatic N) is 1. The van der Waals surface area contributed by atoms with Crippen molar-refractivity contribution in [3.8, 4) is 0 Å². The molecule has 0 spiro atoms. The number of hydrogen-bond acceptors (Lipinski definition) is 3. The number of anilines is 2. The topological polar surface area (TPSA) is 78.5 Å². The molecule has 0 aromatic heterocycles. The minimum absolute atomic E-state index is 0.146. The standard InChI is InChI=1S/C21H25N3O3/c1-4-24(11-10-17-8-6-5-7-9-17)21(27)18-12-19(22-15(2)25)14-20(13-18)23-16(3)26/h5-9,12-14H,4,10-11H2,1-3H3,(H,22,25)(H,23,26). The fourth-order valence-electron chi connectivity index (χ4n) is 2.80. The van der Waals surface area contributed by atoms with Crippen molar-refractivity contribution in [2.45, 2.75) is 27.2 Å². The maximum atomic E-state index is 13.0. The molecule has 2 aromatic carbocycles. The van der Waals surface area contributed by atoms with Gasteiger partial charge in [0.2, 0.25) is 11.8 Å². The van der Waals surface area contributed by atoms with Crippen LogP contribution >= 0.6 is 0 Å². The van der Waals surface area contributed by atoms with Gasteiger partial charge in [-0.1, -0.05) is 30.3 Å². The minimum atomic E-state index is -0.246. The Labute approximate surface area is 159 Å². The van der Waals surface area contributed by atoms with E-state index in [1.54, 1.807) is 23.1 Å². The highest BCUT2D eigenvalue weighted by atomic mass is 16.2. The highest BCUT2D eigenvalue weighted by Crippen LogP contribution is 2.21. The Morgan fingerprint density at radius 1 is 0.889 bits per heavy atom. The van der Waals surface area contributed by atoms with Gasteiger partial charge in [0.15, 0.2) is 0 Å². The molecular weight excluding hydrogens is 342 g/mol. The van der Waals surface area contributed by atoms with E-state index in [4.69, 9.17) is 0 Å². The van der Waals surface area contributed by atoms with E-state index in [1.165, 1.54) is 13.8 Å². The van der Waals surface area contributed by atoms with Crippen LogP contribution in [-0.2, 0) is 16.0 Å². The van der Waals surface area contributed by atoms with Crippen LogP contribution in [0.5, 0.6) is 0 Å². The third-order valence-electron chi connectivity index (χ3n) is 4.00. The summed E-state index contributed by atoms with van der Waals surface area (Å²) in [6.45, 7) is 5.86. The number of rotatable bonds is 7. The van der Waals surface area contributed by atoms with Crippen LogP contribution in [0.2, 0.25) is 0 Å². The normalized spacial score (nSPS) is 10.2. The largest absolute Gasteiger partial charge is 0.339 e. The molecule has 0 aliphatic heterocycles. The molecule has 0 fully saturated rings. The van der Waals surface area contributed by atoms with Crippen LogP contribution < -0.4 is 10.6 Å². The first-order valence-corrected chi connectivity index (χ1v) is 8.92. The zero-order valence-electron chi connectivity index (χ0n) is 15.9. The SMILES string of the molecule is CCN(CCc1ccccc1)C(=O)c1cc(NC(C)=O)cc(NC(C)=O)c1. The van der Waals surface area contributed by atoms with Gasteiger partial charge in [0.05, 0.1) is 0 Å². The maximum Gasteiger partial charge on any atom is 0.254 e. The number of nitrogens with one attached hydrogen (secondary N) is 2. The van der Waals surface area contributed by atoms with E-state index in [1.807, 2.05) is 37.3 Å². The van der Waals surface area contributed by atoms with Crippen molar-refractivity contribution in [3.63, 3.8) is 0 Å². The van der Waals surface area contributed by atoms with E-state index in [9.17, 15) is 14.4 Å². The summed E-state index contributed by atoms with van der Waals surface area (Å²) in [4.78, 5) is 37.5. The van der Waals surface area contributed by atoms with Gasteiger partial charge in [-0.3, -0.25) is 14.4 Å². The third-order valence-corrected chi connectivity index (χ3v) is 4.00. The number of carbonyl (C=O) groups is 3. The van der Waals surface area contributed by atoms with Gasteiger partial charge in [-0.2, -0.15) is 0 Å². The van der Waals surface area contributed by atoms with Crippen molar-refractivity contribution >= 4 is 29.1 Å². The lowest BCUT2D eigenvalue weighted by Gasteiger charge is -2.22. The van der Waals surface area contributed by atoms with E-state index in [2.05, 4.69) is 10.6 Å². The van der Waals surface area contributed by atoms with Gasteiger partial charge < -0.3 is 15.5 Å². The zero-order valence-corrected chi connectivity index (χ0v) is 15.9. The molecule has 0 heterocycles. The molecule has 0 saturated heterocycles. The Balaban J connectivity index is 2.22. The van der Waals surface area contributed by atoms with E-state index in [0.717, 1.165) is 12.0 Å². The molecule has 0 aliphatic rings. The number of likely N-dealkylation sites (N-methyl/N-ethyl adjacent to an activating group) is 1. The van der Waals surface area contributed by atoms with Crippen LogP contribution in [-0.4, -0.2) is 35.7 Å². The third kappa shape index (κ3) is 6.26. The first-order valence-electron chi connectivity index (χ1n) is 8.92. The van der Waals surface area contributed by atoms with Crippen LogP contribution in [0.4, 0.5) is 11.4 Å². The van der Waals surface area contributed by atoms with E-state index < -0.39 is 0 Å². The first-order chi connectivity index (χ1) is 12.9. The van der Waals surface area contributed by atoms with Gasteiger partial charge in [0.25, 0.3) is 5.91 Å². The van der Waals surface area contributed by atoms with Gasteiger partial charge in [-0.25, -0.2) is 0 Å². The molecule has 27 heavy (non-hydrogen) atoms. The molecule has 0 radical (unpaired) electrons. The Hall–Kier alpha value is -3.15. The van der Waals surface area contributed by atoms with E-state index >= 15 is 0 Å². The molecule has 6 heteroatoms. The molecule has 2 rings (SSSR count). The molecule has 6 nitrogen and oxygen atoms in total. The van der Waals surface area contributed by atoms with Crippen molar-refractivity contribution in [1.29, 1.82) is 0 Å². The highest BCUT2D eigenvalue weighted by molar-refractivity contribution is 6.00. The summed E-state index contributed by atoms with van der Waals surface area (Å²) < 4.78 is 0. The van der Waals surface area contributed by atoms with Gasteiger partial charge in [-0.15, -0.1) is 0 Å². The second-order valence-electron chi connectivity index (χ2n) is 6.28. The quantitative estimate of drug-likeness (QED) is 0.788. The number of hydrogen-bond donors (Lipinski definition) is 2. The molecule has 0 saturated carbocycles. The van der Waals surface area contributed by atoms with Crippen LogP contribution in [0.25, 0.3) is 0 Å². The van der Waals surface area contributed by atoms with Crippen LogP contribution in [0.1, 0.15) is 36.7 Å². The molecule has 0 aliphatic carbocycles. The smallest absolute Gasteiger partial charge is 0.254 e. The summed E-state index contributed by atoms with van der Waals surface area (Å²) in [6, 6.07) is 14.9. The average molecular weight is 367 g/mol. The van der Waals surface area contributed by atoms with Crippen molar-refractivity contribution in [2.24, 2.45) is 0 Å². The van der Waals surface area contributed by atoms with Gasteiger partial charge >= 0.3 is 0 Å². The summed E-state index contributed by atoms with van der Waals surface area (Å²) in [7, 11) is 0. The molecular formula is C21H25N3O3. The fourth-order valence-corrected chi connectivity index (χ4v) is 2.80. The van der Waals surface area contributed by atoms with Crippen LogP contribution in [0, 0.1) is 0 Å². The van der Waals surface area contributed by atoms with Crippen LogP contribution in [0.15, 0.2) is 48.5 Å². The highest BCUT2D eigenvalue weighted by Gasteiger charge is 2.16. The number of carbonyl (C=O) groups excluding carboxylic acids is 3. The van der Waals surface area contributed by atoms with E-state index in [0.29, 0.717) is 30.0 Å². The average Bonchev–Trinajstić information content (AvgIpc) is 2.61. The second-order valence-corrected chi connectivity index (χ2v) is 6.28. The molecule has 3 amide bonds. The molecule has 0 atom stereocenters. The van der Waals surface area contributed by atoms with Gasteiger partial charge in [0, 0.05) is 43.9 Å². The Kier molecular flexibility index (Phi) is 7.11. The number of benzene rings is 2. The molecule has 0 unspecified atom stereocenters. The van der Waals surface area contributed by atoms with Crippen molar-refractivity contribution in [1.82, 2.24) is 4.90 Å². The monoisotopic (exact) mass is 367 g/mol. The maximum absolute atomic E-state index is 13.0. The van der Waals surface area contributed by atoms with E-state index in [-0.39, 0.29) is 17.7 Å². The Morgan fingerprint density at radius 2 is 1.44 bits per heavy atom. The second kappa shape index (κ2) is 9.52. The summed E-state index contributed by atoms with van der Waals surface area (Å²) in [5.41, 5.74) is 2.52. The van der Waals surface area contributed by atoms with Gasteiger partial charge in [-0.05, 0) is 37.1 Å². The van der Waals surface area contributed by atoms with Crippen molar-refractivity contribution < 1.29 is 14.4 Å². The molecule has 2 N–H and O–H groups in total. The zero-order chi connectivity index (χ0) is 19.8. The summed E-state index contributed by atoms with van der Waals surface area (Å²) >= 11 is 0.